The molecule has 1 aliphatic rings. The first-order valence-corrected chi connectivity index (χ1v) is 12.2. The number of carbonyl (C=O) groups is 1. The lowest BCUT2D eigenvalue weighted by atomic mass is 9.94. The van der Waals surface area contributed by atoms with Gasteiger partial charge in [0.25, 0.3) is 5.91 Å². The number of para-hydroxylation sites is 2. The second kappa shape index (κ2) is 10.3. The highest BCUT2D eigenvalue weighted by Crippen LogP contribution is 2.43. The Labute approximate surface area is 221 Å². The van der Waals surface area contributed by atoms with Gasteiger partial charge in [0.2, 0.25) is 5.95 Å². The van der Waals surface area contributed by atoms with Gasteiger partial charge in [-0.05, 0) is 49.4 Å². The van der Waals surface area contributed by atoms with E-state index in [1.54, 1.807) is 18.9 Å². The fraction of sp³-hybridized carbons (Fsp3) is 0.207. The van der Waals surface area contributed by atoms with Crippen molar-refractivity contribution >= 4 is 23.2 Å². The van der Waals surface area contributed by atoms with Crippen molar-refractivity contribution in [3.63, 3.8) is 0 Å². The van der Waals surface area contributed by atoms with E-state index in [9.17, 15) is 4.79 Å². The van der Waals surface area contributed by atoms with Crippen molar-refractivity contribution in [2.75, 3.05) is 43.8 Å². The summed E-state index contributed by atoms with van der Waals surface area (Å²) in [6.07, 6.45) is 0. The number of hydrogen-bond acceptors (Lipinski definition) is 7. The molecular formula is C29H30N6O3. The first-order chi connectivity index (χ1) is 18.4. The number of anilines is 3. The van der Waals surface area contributed by atoms with Gasteiger partial charge in [0.05, 0.1) is 19.8 Å². The zero-order chi connectivity index (χ0) is 26.8. The van der Waals surface area contributed by atoms with Crippen molar-refractivity contribution in [3.05, 3.63) is 89.6 Å². The standard InChI is InChI=1S/C29H30N6O3/c1-18-24(28(36)31-20-10-7-6-8-11-20)25(22-12-9-13-23(37-4)26(22)38-5)35-29(30-18)32-27(33-35)19-14-16-21(17-15-19)34(2)3/h6-17,25H,1-5H3,(H,31,36)(H,30,32,33). The van der Waals surface area contributed by atoms with Gasteiger partial charge in [0.1, 0.15) is 6.04 Å². The molecule has 0 saturated carbocycles. The Morgan fingerprint density at radius 3 is 2.37 bits per heavy atom. The fourth-order valence-electron chi connectivity index (χ4n) is 4.61. The van der Waals surface area contributed by atoms with Gasteiger partial charge in [-0.3, -0.25) is 4.79 Å². The molecule has 0 saturated heterocycles. The van der Waals surface area contributed by atoms with Gasteiger partial charge in [-0.15, -0.1) is 5.10 Å². The number of rotatable bonds is 7. The van der Waals surface area contributed by atoms with E-state index in [1.807, 2.05) is 98.7 Å². The Balaban J connectivity index is 1.64. The molecule has 4 aromatic rings. The van der Waals surface area contributed by atoms with Gasteiger partial charge in [-0.2, -0.15) is 4.98 Å². The molecule has 2 N–H and O–H groups in total. The summed E-state index contributed by atoms with van der Waals surface area (Å²) in [4.78, 5) is 20.6. The van der Waals surface area contributed by atoms with E-state index in [1.165, 1.54) is 0 Å². The number of benzene rings is 3. The van der Waals surface area contributed by atoms with Crippen molar-refractivity contribution in [2.24, 2.45) is 0 Å². The first-order valence-electron chi connectivity index (χ1n) is 12.2. The van der Waals surface area contributed by atoms with Crippen LogP contribution >= 0.6 is 0 Å². The third-order valence-corrected chi connectivity index (χ3v) is 6.50. The van der Waals surface area contributed by atoms with Crippen molar-refractivity contribution in [1.29, 1.82) is 0 Å². The highest BCUT2D eigenvalue weighted by molar-refractivity contribution is 6.06. The first kappa shape index (κ1) is 24.9. The number of hydrogen-bond donors (Lipinski definition) is 2. The van der Waals surface area contributed by atoms with Crippen LogP contribution in [0.2, 0.25) is 0 Å². The van der Waals surface area contributed by atoms with Crippen LogP contribution in [0.25, 0.3) is 11.4 Å². The molecule has 3 aromatic carbocycles. The molecule has 9 nitrogen and oxygen atoms in total. The summed E-state index contributed by atoms with van der Waals surface area (Å²) in [6, 6.07) is 22.4. The molecule has 5 rings (SSSR count). The lowest BCUT2D eigenvalue weighted by Crippen LogP contribution is -2.31. The summed E-state index contributed by atoms with van der Waals surface area (Å²) < 4.78 is 13.1. The van der Waals surface area contributed by atoms with Crippen molar-refractivity contribution in [1.82, 2.24) is 14.8 Å². The van der Waals surface area contributed by atoms with Gasteiger partial charge < -0.3 is 25.0 Å². The lowest BCUT2D eigenvalue weighted by Gasteiger charge is -2.30. The van der Waals surface area contributed by atoms with E-state index in [2.05, 4.69) is 10.6 Å². The predicted molar refractivity (Wildman–Crippen MR) is 149 cm³/mol. The molecule has 0 aliphatic carbocycles. The number of amides is 1. The normalized spacial score (nSPS) is 14.4. The zero-order valence-corrected chi connectivity index (χ0v) is 22.0. The zero-order valence-electron chi connectivity index (χ0n) is 22.0. The largest absolute Gasteiger partial charge is 0.493 e. The number of nitrogens with one attached hydrogen (secondary N) is 2. The summed E-state index contributed by atoms with van der Waals surface area (Å²) >= 11 is 0. The summed E-state index contributed by atoms with van der Waals surface area (Å²) in [5, 5.41) is 11.2. The van der Waals surface area contributed by atoms with Gasteiger partial charge in [0, 0.05) is 42.3 Å². The molecule has 0 bridgehead atoms. The van der Waals surface area contributed by atoms with Gasteiger partial charge >= 0.3 is 0 Å². The SMILES string of the molecule is COc1cccc(C2C(C(=O)Nc3ccccc3)=C(C)Nc3nc(-c4ccc(N(C)C)cc4)nn32)c1OC. The minimum atomic E-state index is -0.623. The molecule has 1 aromatic heterocycles. The van der Waals surface area contributed by atoms with Gasteiger partial charge in [-0.1, -0.05) is 30.3 Å². The molecule has 1 aliphatic heterocycles. The Hall–Kier alpha value is -4.79. The molecule has 0 radical (unpaired) electrons. The van der Waals surface area contributed by atoms with Crippen LogP contribution in [0.3, 0.4) is 0 Å². The average Bonchev–Trinajstić information content (AvgIpc) is 3.35. The number of allylic oxidation sites excluding steroid dienone is 1. The molecule has 38 heavy (non-hydrogen) atoms. The third kappa shape index (κ3) is 4.54. The van der Waals surface area contributed by atoms with Crippen LogP contribution in [-0.4, -0.2) is 49.0 Å². The number of methoxy groups -OCH3 is 2. The second-order valence-electron chi connectivity index (χ2n) is 9.11. The predicted octanol–water partition coefficient (Wildman–Crippen LogP) is 4.96. The lowest BCUT2D eigenvalue weighted by molar-refractivity contribution is -0.113. The molecule has 1 unspecified atom stereocenters. The number of ether oxygens (including phenoxy) is 2. The minimum Gasteiger partial charge on any atom is -0.493 e. The maximum absolute atomic E-state index is 13.8. The monoisotopic (exact) mass is 510 g/mol. The van der Waals surface area contributed by atoms with Crippen LogP contribution in [0.4, 0.5) is 17.3 Å². The maximum atomic E-state index is 13.8. The van der Waals surface area contributed by atoms with Crippen LogP contribution < -0.4 is 25.0 Å². The van der Waals surface area contributed by atoms with E-state index in [4.69, 9.17) is 19.6 Å². The molecule has 9 heteroatoms. The molecular weight excluding hydrogens is 480 g/mol. The van der Waals surface area contributed by atoms with Crippen LogP contribution in [0, 0.1) is 0 Å². The maximum Gasteiger partial charge on any atom is 0.255 e. The van der Waals surface area contributed by atoms with Gasteiger partial charge in [-0.25, -0.2) is 4.68 Å². The van der Waals surface area contributed by atoms with Crippen molar-refractivity contribution < 1.29 is 14.3 Å². The van der Waals surface area contributed by atoms with Crippen LogP contribution in [0.15, 0.2) is 84.1 Å². The highest BCUT2D eigenvalue weighted by atomic mass is 16.5. The highest BCUT2D eigenvalue weighted by Gasteiger charge is 2.36. The van der Waals surface area contributed by atoms with Gasteiger partial charge in [0.15, 0.2) is 17.3 Å². The Morgan fingerprint density at radius 1 is 0.974 bits per heavy atom. The van der Waals surface area contributed by atoms with Crippen molar-refractivity contribution in [2.45, 2.75) is 13.0 Å². The molecule has 194 valence electrons. The van der Waals surface area contributed by atoms with Crippen LogP contribution in [-0.2, 0) is 4.79 Å². The van der Waals surface area contributed by atoms with Crippen LogP contribution in [0.1, 0.15) is 18.5 Å². The molecule has 0 fully saturated rings. The van der Waals surface area contributed by atoms with E-state index in [0.29, 0.717) is 40.2 Å². The Bertz CT molecular complexity index is 1490. The summed E-state index contributed by atoms with van der Waals surface area (Å²) in [5.41, 5.74) is 4.53. The number of fused-ring (bicyclic) bond motifs is 1. The summed E-state index contributed by atoms with van der Waals surface area (Å²) in [6.45, 7) is 1.86. The smallest absolute Gasteiger partial charge is 0.255 e. The molecule has 1 amide bonds. The van der Waals surface area contributed by atoms with E-state index < -0.39 is 6.04 Å². The number of nitrogens with zero attached hydrogens (tertiary/aromatic N) is 4. The van der Waals surface area contributed by atoms with E-state index in [-0.39, 0.29) is 5.91 Å². The molecule has 1 atom stereocenters. The number of aromatic nitrogens is 3. The average molecular weight is 511 g/mol. The quantitative estimate of drug-likeness (QED) is 0.363. The summed E-state index contributed by atoms with van der Waals surface area (Å²) in [7, 11) is 7.16. The van der Waals surface area contributed by atoms with Crippen molar-refractivity contribution in [3.8, 4) is 22.9 Å². The number of carbonyl (C=O) groups excluding carboxylic acids is 1. The second-order valence-corrected chi connectivity index (χ2v) is 9.11. The molecule has 2 heterocycles. The van der Waals surface area contributed by atoms with E-state index in [0.717, 1.165) is 16.8 Å². The Kier molecular flexibility index (Phi) is 6.74. The Morgan fingerprint density at radius 2 is 1.71 bits per heavy atom. The minimum absolute atomic E-state index is 0.255. The topological polar surface area (TPSA) is 93.5 Å². The fourth-order valence-corrected chi connectivity index (χ4v) is 4.61. The van der Waals surface area contributed by atoms with Crippen LogP contribution in [0.5, 0.6) is 11.5 Å². The summed E-state index contributed by atoms with van der Waals surface area (Å²) in [5.74, 6) is 1.90. The third-order valence-electron chi connectivity index (χ3n) is 6.50. The molecule has 0 spiro atoms. The van der Waals surface area contributed by atoms with E-state index >= 15 is 0 Å².